The highest BCUT2D eigenvalue weighted by atomic mass is 15.1. The summed E-state index contributed by atoms with van der Waals surface area (Å²) in [5, 5.41) is 7.44. The molecule has 1 aromatic rings. The van der Waals surface area contributed by atoms with Crippen molar-refractivity contribution in [2.75, 3.05) is 7.05 Å². The van der Waals surface area contributed by atoms with Gasteiger partial charge in [0.15, 0.2) is 0 Å². The maximum absolute atomic E-state index is 3.87. The molecule has 0 amide bonds. The van der Waals surface area contributed by atoms with Gasteiger partial charge in [-0.05, 0) is 0 Å². The predicted molar refractivity (Wildman–Crippen MR) is 45.6 cm³/mol. The number of aromatic nitrogens is 2. The van der Waals surface area contributed by atoms with Crippen LogP contribution in [0.15, 0.2) is 24.0 Å². The minimum absolute atomic E-state index is 0.942. The van der Waals surface area contributed by atoms with Crippen molar-refractivity contribution in [2.45, 2.75) is 0 Å². The minimum atomic E-state index is 0.942. The SMILES string of the molecule is C=Cc1cnncc1C=NC. The van der Waals surface area contributed by atoms with E-state index in [1.54, 1.807) is 31.7 Å². The van der Waals surface area contributed by atoms with Crippen molar-refractivity contribution in [2.24, 2.45) is 4.99 Å². The average molecular weight is 147 g/mol. The summed E-state index contributed by atoms with van der Waals surface area (Å²) >= 11 is 0. The zero-order chi connectivity index (χ0) is 8.10. The van der Waals surface area contributed by atoms with Crippen LogP contribution in [0.2, 0.25) is 0 Å². The molecular weight excluding hydrogens is 138 g/mol. The predicted octanol–water partition coefficient (Wildman–Crippen LogP) is 1.17. The fourth-order valence-electron chi connectivity index (χ4n) is 0.758. The summed E-state index contributed by atoms with van der Waals surface area (Å²) in [7, 11) is 1.72. The zero-order valence-electron chi connectivity index (χ0n) is 6.36. The van der Waals surface area contributed by atoms with Crippen LogP contribution in [0, 0.1) is 0 Å². The van der Waals surface area contributed by atoms with Gasteiger partial charge in [-0.1, -0.05) is 12.7 Å². The van der Waals surface area contributed by atoms with E-state index in [-0.39, 0.29) is 0 Å². The van der Waals surface area contributed by atoms with Gasteiger partial charge in [0, 0.05) is 24.4 Å². The van der Waals surface area contributed by atoms with Crippen LogP contribution in [0.1, 0.15) is 11.1 Å². The molecule has 0 aliphatic carbocycles. The van der Waals surface area contributed by atoms with Crippen molar-refractivity contribution in [1.29, 1.82) is 0 Å². The van der Waals surface area contributed by atoms with E-state index in [4.69, 9.17) is 0 Å². The highest BCUT2D eigenvalue weighted by molar-refractivity contribution is 5.84. The number of rotatable bonds is 2. The lowest BCUT2D eigenvalue weighted by Crippen LogP contribution is -1.90. The second kappa shape index (κ2) is 3.61. The molecule has 0 atom stereocenters. The number of aliphatic imine (C=N–C) groups is 1. The van der Waals surface area contributed by atoms with Crippen LogP contribution in [0.5, 0.6) is 0 Å². The van der Waals surface area contributed by atoms with Crippen LogP contribution in [-0.4, -0.2) is 23.5 Å². The molecule has 0 unspecified atom stereocenters. The lowest BCUT2D eigenvalue weighted by Gasteiger charge is -1.94. The normalized spacial score (nSPS) is 10.3. The quantitative estimate of drug-likeness (QED) is 0.589. The third-order valence-corrected chi connectivity index (χ3v) is 1.28. The number of hydrogen-bond donors (Lipinski definition) is 0. The molecule has 0 spiro atoms. The highest BCUT2D eigenvalue weighted by Crippen LogP contribution is 2.02. The Hall–Kier alpha value is -1.51. The van der Waals surface area contributed by atoms with Gasteiger partial charge in [-0.25, -0.2) is 0 Å². The van der Waals surface area contributed by atoms with Gasteiger partial charge >= 0.3 is 0 Å². The Morgan fingerprint density at radius 2 is 2.00 bits per heavy atom. The molecule has 0 saturated heterocycles. The van der Waals surface area contributed by atoms with Gasteiger partial charge in [-0.2, -0.15) is 10.2 Å². The first kappa shape index (κ1) is 7.60. The van der Waals surface area contributed by atoms with Crippen molar-refractivity contribution >= 4 is 12.3 Å². The third kappa shape index (κ3) is 1.70. The van der Waals surface area contributed by atoms with Gasteiger partial charge in [0.05, 0.1) is 12.4 Å². The molecule has 1 rings (SSSR count). The molecule has 0 bridgehead atoms. The van der Waals surface area contributed by atoms with E-state index in [9.17, 15) is 0 Å². The highest BCUT2D eigenvalue weighted by Gasteiger charge is 1.93. The third-order valence-electron chi connectivity index (χ3n) is 1.28. The first-order chi connectivity index (χ1) is 5.38. The molecule has 3 heteroatoms. The Bertz CT molecular complexity index is 278. The first-order valence-electron chi connectivity index (χ1n) is 3.23. The molecule has 11 heavy (non-hydrogen) atoms. The molecule has 0 aromatic carbocycles. The molecule has 0 radical (unpaired) electrons. The standard InChI is InChI=1S/C8H9N3/c1-3-7-5-10-11-6-8(7)4-9-2/h3-6H,1H2,2H3. The van der Waals surface area contributed by atoms with E-state index in [1.807, 2.05) is 0 Å². The molecule has 0 saturated carbocycles. The molecule has 1 aromatic heterocycles. The van der Waals surface area contributed by atoms with Crippen molar-refractivity contribution in [3.63, 3.8) is 0 Å². The Kier molecular flexibility index (Phi) is 2.49. The Balaban J connectivity index is 3.11. The summed E-state index contributed by atoms with van der Waals surface area (Å²) in [4.78, 5) is 3.87. The Morgan fingerprint density at radius 1 is 1.36 bits per heavy atom. The largest absolute Gasteiger partial charge is 0.296 e. The van der Waals surface area contributed by atoms with Gasteiger partial charge in [0.25, 0.3) is 0 Å². The van der Waals surface area contributed by atoms with Gasteiger partial charge in [-0.15, -0.1) is 0 Å². The Morgan fingerprint density at radius 3 is 2.55 bits per heavy atom. The number of nitrogens with zero attached hydrogens (tertiary/aromatic N) is 3. The first-order valence-corrected chi connectivity index (χ1v) is 3.23. The lowest BCUT2D eigenvalue weighted by atomic mass is 10.2. The van der Waals surface area contributed by atoms with E-state index in [0.717, 1.165) is 11.1 Å². The summed E-state index contributed by atoms with van der Waals surface area (Å²) in [6, 6.07) is 0. The van der Waals surface area contributed by atoms with Crippen LogP contribution in [0.3, 0.4) is 0 Å². The van der Waals surface area contributed by atoms with E-state index in [0.29, 0.717) is 0 Å². The summed E-state index contributed by atoms with van der Waals surface area (Å²) in [5.41, 5.74) is 1.89. The fourth-order valence-corrected chi connectivity index (χ4v) is 0.758. The molecule has 3 nitrogen and oxygen atoms in total. The molecule has 0 aliphatic heterocycles. The molecule has 56 valence electrons. The zero-order valence-corrected chi connectivity index (χ0v) is 6.36. The van der Waals surface area contributed by atoms with E-state index < -0.39 is 0 Å². The monoisotopic (exact) mass is 147 g/mol. The fraction of sp³-hybridized carbons (Fsp3) is 0.125. The second-order valence-electron chi connectivity index (χ2n) is 1.99. The van der Waals surface area contributed by atoms with Crippen molar-refractivity contribution in [3.8, 4) is 0 Å². The van der Waals surface area contributed by atoms with Gasteiger partial charge < -0.3 is 0 Å². The van der Waals surface area contributed by atoms with Crippen LogP contribution in [0.4, 0.5) is 0 Å². The molecule has 1 heterocycles. The van der Waals surface area contributed by atoms with Crippen molar-refractivity contribution in [1.82, 2.24) is 10.2 Å². The van der Waals surface area contributed by atoms with Crippen molar-refractivity contribution in [3.05, 3.63) is 30.1 Å². The minimum Gasteiger partial charge on any atom is -0.296 e. The van der Waals surface area contributed by atoms with Crippen LogP contribution in [-0.2, 0) is 0 Å². The average Bonchev–Trinajstić information content (AvgIpc) is 2.06. The van der Waals surface area contributed by atoms with E-state index in [2.05, 4.69) is 21.8 Å². The smallest absolute Gasteiger partial charge is 0.0589 e. The van der Waals surface area contributed by atoms with Crippen LogP contribution in [0.25, 0.3) is 6.08 Å². The van der Waals surface area contributed by atoms with Gasteiger partial charge in [0.1, 0.15) is 0 Å². The second-order valence-corrected chi connectivity index (χ2v) is 1.99. The summed E-state index contributed by atoms with van der Waals surface area (Å²) in [6.45, 7) is 3.64. The van der Waals surface area contributed by atoms with Crippen LogP contribution < -0.4 is 0 Å². The van der Waals surface area contributed by atoms with Gasteiger partial charge in [-0.3, -0.25) is 4.99 Å². The molecule has 0 N–H and O–H groups in total. The van der Waals surface area contributed by atoms with E-state index >= 15 is 0 Å². The summed E-state index contributed by atoms with van der Waals surface area (Å²) in [5.74, 6) is 0. The maximum Gasteiger partial charge on any atom is 0.0589 e. The van der Waals surface area contributed by atoms with Crippen molar-refractivity contribution < 1.29 is 0 Å². The van der Waals surface area contributed by atoms with Crippen LogP contribution >= 0.6 is 0 Å². The number of hydrogen-bond acceptors (Lipinski definition) is 3. The molecule has 0 aliphatic rings. The molecular formula is C8H9N3. The lowest BCUT2D eigenvalue weighted by molar-refractivity contribution is 1.02. The topological polar surface area (TPSA) is 38.1 Å². The van der Waals surface area contributed by atoms with E-state index in [1.165, 1.54) is 0 Å². The maximum atomic E-state index is 3.87. The summed E-state index contributed by atoms with van der Waals surface area (Å²) < 4.78 is 0. The Labute approximate surface area is 65.5 Å². The van der Waals surface area contributed by atoms with Gasteiger partial charge in [0.2, 0.25) is 0 Å². The molecule has 0 fully saturated rings. The summed E-state index contributed by atoms with van der Waals surface area (Å²) in [6.07, 6.45) is 6.77.